The topological polar surface area (TPSA) is 115 Å². The van der Waals surface area contributed by atoms with E-state index in [0.717, 1.165) is 0 Å². The number of nitrogens with two attached hydrogens (primary N) is 1. The lowest BCUT2D eigenvalue weighted by atomic mass is 10.3. The number of amides is 2. The van der Waals surface area contributed by atoms with Crippen LogP contribution in [0.3, 0.4) is 0 Å². The second-order valence-electron chi connectivity index (χ2n) is 4.56. The molecule has 0 aromatic carbocycles. The Morgan fingerprint density at radius 2 is 2.05 bits per heavy atom. The van der Waals surface area contributed by atoms with Gasteiger partial charge in [-0.05, 0) is 20.8 Å². The van der Waals surface area contributed by atoms with Crippen molar-refractivity contribution in [1.29, 1.82) is 0 Å². The fourth-order valence-electron chi connectivity index (χ4n) is 1.42. The third kappa shape index (κ3) is 5.04. The highest BCUT2D eigenvalue weighted by Crippen LogP contribution is 1.92. The van der Waals surface area contributed by atoms with Crippen LogP contribution in [0.2, 0.25) is 0 Å². The van der Waals surface area contributed by atoms with Crippen LogP contribution in [0.15, 0.2) is 6.20 Å². The number of rotatable bonds is 6. The van der Waals surface area contributed by atoms with E-state index in [9.17, 15) is 9.59 Å². The second kappa shape index (κ2) is 6.83. The molecule has 19 heavy (non-hydrogen) atoms. The van der Waals surface area contributed by atoms with Crippen LogP contribution in [0.25, 0.3) is 0 Å². The zero-order valence-electron chi connectivity index (χ0n) is 11.4. The minimum atomic E-state index is -0.590. The average molecular weight is 268 g/mol. The van der Waals surface area contributed by atoms with Crippen LogP contribution in [-0.4, -0.2) is 38.9 Å². The molecule has 1 heterocycles. The first-order valence-corrected chi connectivity index (χ1v) is 6.11. The summed E-state index contributed by atoms with van der Waals surface area (Å²) < 4.78 is 1.38. The van der Waals surface area contributed by atoms with Crippen LogP contribution in [0.1, 0.15) is 26.5 Å². The standard InChI is InChI=1S/C11H20N6O2/c1-7(2)13-11(19)8(3)14-10(18)6-17-5-9(4-12)15-16-17/h5,7-8H,4,6,12H2,1-3H3,(H,13,19)(H,14,18). The molecule has 0 bridgehead atoms. The van der Waals surface area contributed by atoms with Crippen molar-refractivity contribution in [2.45, 2.75) is 45.9 Å². The molecule has 1 aromatic heterocycles. The first kappa shape index (κ1) is 15.1. The van der Waals surface area contributed by atoms with E-state index in [1.54, 1.807) is 13.1 Å². The fourth-order valence-corrected chi connectivity index (χ4v) is 1.42. The number of carbonyl (C=O) groups is 2. The van der Waals surface area contributed by atoms with Gasteiger partial charge in [0.05, 0.1) is 11.9 Å². The molecule has 2 amide bonds. The van der Waals surface area contributed by atoms with E-state index in [4.69, 9.17) is 5.73 Å². The third-order valence-corrected chi connectivity index (χ3v) is 2.30. The molecule has 0 spiro atoms. The Hall–Kier alpha value is -1.96. The van der Waals surface area contributed by atoms with Gasteiger partial charge in [0.1, 0.15) is 12.6 Å². The number of hydrogen-bond acceptors (Lipinski definition) is 5. The van der Waals surface area contributed by atoms with Crippen molar-refractivity contribution >= 4 is 11.8 Å². The fraction of sp³-hybridized carbons (Fsp3) is 0.636. The predicted molar refractivity (Wildman–Crippen MR) is 68.8 cm³/mol. The van der Waals surface area contributed by atoms with Crippen LogP contribution in [0.5, 0.6) is 0 Å². The Balaban J connectivity index is 2.44. The van der Waals surface area contributed by atoms with Crippen LogP contribution < -0.4 is 16.4 Å². The summed E-state index contributed by atoms with van der Waals surface area (Å²) in [6.45, 7) is 5.62. The number of carbonyl (C=O) groups excluding carboxylic acids is 2. The molecule has 8 heteroatoms. The molecular weight excluding hydrogens is 248 g/mol. The molecule has 1 rings (SSSR count). The SMILES string of the molecule is CC(C)NC(=O)C(C)NC(=O)Cn1cc(CN)nn1. The summed E-state index contributed by atoms with van der Waals surface area (Å²) in [7, 11) is 0. The molecule has 106 valence electrons. The molecule has 0 aliphatic heterocycles. The molecule has 4 N–H and O–H groups in total. The number of hydrogen-bond donors (Lipinski definition) is 3. The third-order valence-electron chi connectivity index (χ3n) is 2.30. The maximum atomic E-state index is 11.7. The number of nitrogens with zero attached hydrogens (tertiary/aromatic N) is 3. The van der Waals surface area contributed by atoms with Crippen LogP contribution in [-0.2, 0) is 22.7 Å². The lowest BCUT2D eigenvalue weighted by Crippen LogP contribution is -2.47. The lowest BCUT2D eigenvalue weighted by molar-refractivity contribution is -0.129. The van der Waals surface area contributed by atoms with Crippen molar-refractivity contribution in [2.75, 3.05) is 0 Å². The van der Waals surface area contributed by atoms with Crippen LogP contribution >= 0.6 is 0 Å². The van der Waals surface area contributed by atoms with Gasteiger partial charge in [0.25, 0.3) is 0 Å². The van der Waals surface area contributed by atoms with Gasteiger partial charge in [-0.2, -0.15) is 0 Å². The first-order valence-electron chi connectivity index (χ1n) is 6.11. The van der Waals surface area contributed by atoms with Gasteiger partial charge in [-0.15, -0.1) is 5.10 Å². The molecular formula is C11H20N6O2. The van der Waals surface area contributed by atoms with Gasteiger partial charge in [-0.25, -0.2) is 4.68 Å². The van der Waals surface area contributed by atoms with Crippen molar-refractivity contribution in [3.63, 3.8) is 0 Å². The summed E-state index contributed by atoms with van der Waals surface area (Å²) in [6, 6.07) is -0.554. The molecule has 0 saturated carbocycles. The number of nitrogens with one attached hydrogen (secondary N) is 2. The Bertz CT molecular complexity index is 442. The summed E-state index contributed by atoms with van der Waals surface area (Å²) >= 11 is 0. The molecule has 1 unspecified atom stereocenters. The van der Waals surface area contributed by atoms with Gasteiger partial charge in [-0.3, -0.25) is 9.59 Å². The van der Waals surface area contributed by atoms with Crippen molar-refractivity contribution in [1.82, 2.24) is 25.6 Å². The summed E-state index contributed by atoms with van der Waals surface area (Å²) in [6.07, 6.45) is 1.60. The number of aromatic nitrogens is 3. The van der Waals surface area contributed by atoms with Crippen molar-refractivity contribution in [3.05, 3.63) is 11.9 Å². The van der Waals surface area contributed by atoms with E-state index in [1.165, 1.54) is 4.68 Å². The summed E-state index contributed by atoms with van der Waals surface area (Å²) in [5.74, 6) is -0.524. The first-order chi connectivity index (χ1) is 8.92. The average Bonchev–Trinajstić information content (AvgIpc) is 2.75. The van der Waals surface area contributed by atoms with E-state index in [1.807, 2.05) is 13.8 Å². The normalized spacial score (nSPS) is 12.3. The molecule has 1 aromatic rings. The predicted octanol–water partition coefficient (Wildman–Crippen LogP) is -1.23. The minimum absolute atomic E-state index is 0.00625. The van der Waals surface area contributed by atoms with Gasteiger partial charge in [0, 0.05) is 12.6 Å². The largest absolute Gasteiger partial charge is 0.352 e. The van der Waals surface area contributed by atoms with E-state index in [0.29, 0.717) is 5.69 Å². The van der Waals surface area contributed by atoms with E-state index in [-0.39, 0.29) is 30.9 Å². The Morgan fingerprint density at radius 3 is 2.58 bits per heavy atom. The van der Waals surface area contributed by atoms with E-state index in [2.05, 4.69) is 20.9 Å². The summed E-state index contributed by atoms with van der Waals surface area (Å²) in [5, 5.41) is 12.8. The smallest absolute Gasteiger partial charge is 0.242 e. The maximum absolute atomic E-state index is 11.7. The van der Waals surface area contributed by atoms with Gasteiger partial charge in [-0.1, -0.05) is 5.21 Å². The Kier molecular flexibility index (Phi) is 5.43. The molecule has 0 saturated heterocycles. The highest BCUT2D eigenvalue weighted by atomic mass is 16.2. The molecule has 8 nitrogen and oxygen atoms in total. The molecule has 0 aliphatic rings. The zero-order valence-corrected chi connectivity index (χ0v) is 11.4. The lowest BCUT2D eigenvalue weighted by Gasteiger charge is -2.15. The highest BCUT2D eigenvalue weighted by molar-refractivity contribution is 5.87. The minimum Gasteiger partial charge on any atom is -0.352 e. The Morgan fingerprint density at radius 1 is 1.37 bits per heavy atom. The van der Waals surface area contributed by atoms with E-state index >= 15 is 0 Å². The van der Waals surface area contributed by atoms with Gasteiger partial charge in [0.15, 0.2) is 0 Å². The van der Waals surface area contributed by atoms with Gasteiger partial charge < -0.3 is 16.4 Å². The quantitative estimate of drug-likeness (QED) is 0.597. The second-order valence-corrected chi connectivity index (χ2v) is 4.56. The van der Waals surface area contributed by atoms with Crippen molar-refractivity contribution < 1.29 is 9.59 Å². The molecule has 1 atom stereocenters. The van der Waals surface area contributed by atoms with E-state index < -0.39 is 6.04 Å². The van der Waals surface area contributed by atoms with Crippen molar-refractivity contribution in [2.24, 2.45) is 5.73 Å². The molecule has 0 radical (unpaired) electrons. The molecule has 0 aliphatic carbocycles. The van der Waals surface area contributed by atoms with Crippen molar-refractivity contribution in [3.8, 4) is 0 Å². The Labute approximate surface area is 111 Å². The summed E-state index contributed by atoms with van der Waals surface area (Å²) in [5.41, 5.74) is 6.00. The zero-order chi connectivity index (χ0) is 14.4. The highest BCUT2D eigenvalue weighted by Gasteiger charge is 2.16. The van der Waals surface area contributed by atoms with Crippen LogP contribution in [0.4, 0.5) is 0 Å². The van der Waals surface area contributed by atoms with Gasteiger partial charge in [0.2, 0.25) is 11.8 Å². The van der Waals surface area contributed by atoms with Gasteiger partial charge >= 0.3 is 0 Å². The monoisotopic (exact) mass is 268 g/mol. The summed E-state index contributed by atoms with van der Waals surface area (Å²) in [4.78, 5) is 23.3. The molecule has 0 fully saturated rings. The van der Waals surface area contributed by atoms with Crippen LogP contribution in [0, 0.1) is 0 Å². The maximum Gasteiger partial charge on any atom is 0.242 e.